The number of pyridine rings is 1. The number of benzene rings is 2. The van der Waals surface area contributed by atoms with Crippen molar-refractivity contribution in [1.29, 1.82) is 0 Å². The fraction of sp³-hybridized carbons (Fsp3) is 0.0909. The highest BCUT2D eigenvalue weighted by Crippen LogP contribution is 2.39. The van der Waals surface area contributed by atoms with Crippen LogP contribution in [0.25, 0.3) is 11.6 Å². The van der Waals surface area contributed by atoms with Gasteiger partial charge >= 0.3 is 0 Å². The molecule has 0 amide bonds. The molecule has 2 aromatic carbocycles. The molecule has 122 valence electrons. The van der Waals surface area contributed by atoms with Crippen molar-refractivity contribution in [3.63, 3.8) is 0 Å². The average Bonchev–Trinajstić information content (AvgIpc) is 2.84. The summed E-state index contributed by atoms with van der Waals surface area (Å²) in [7, 11) is 1.62. The molecule has 0 spiro atoms. The van der Waals surface area contributed by atoms with E-state index in [9.17, 15) is 0 Å². The van der Waals surface area contributed by atoms with E-state index < -0.39 is 0 Å². The van der Waals surface area contributed by atoms with Crippen molar-refractivity contribution in [3.8, 4) is 5.88 Å². The van der Waals surface area contributed by atoms with Crippen molar-refractivity contribution in [1.82, 2.24) is 4.98 Å². The minimum absolute atomic E-state index is 0.617. The van der Waals surface area contributed by atoms with Gasteiger partial charge in [-0.05, 0) is 29.3 Å². The smallest absolute Gasteiger partial charge is 0.212 e. The molecule has 0 bridgehead atoms. The Kier molecular flexibility index (Phi) is 4.43. The van der Waals surface area contributed by atoms with Gasteiger partial charge in [-0.25, -0.2) is 4.98 Å². The van der Waals surface area contributed by atoms with Crippen LogP contribution in [0.4, 0.5) is 0 Å². The molecule has 0 atom stereocenters. The molecule has 4 rings (SSSR count). The predicted molar refractivity (Wildman–Crippen MR) is 104 cm³/mol. The molecule has 0 radical (unpaired) electrons. The van der Waals surface area contributed by atoms with Gasteiger partial charge in [0.05, 0.1) is 7.11 Å². The van der Waals surface area contributed by atoms with Crippen molar-refractivity contribution in [2.45, 2.75) is 10.6 Å². The van der Waals surface area contributed by atoms with E-state index in [1.54, 1.807) is 13.3 Å². The zero-order chi connectivity index (χ0) is 17.1. The molecule has 0 fully saturated rings. The first-order chi connectivity index (χ1) is 12.3. The predicted octanol–water partition coefficient (Wildman–Crippen LogP) is 5.44. The van der Waals surface area contributed by atoms with Crippen molar-refractivity contribution in [3.05, 3.63) is 94.8 Å². The Hall–Kier alpha value is -2.74. The second kappa shape index (κ2) is 7.02. The van der Waals surface area contributed by atoms with E-state index in [0.29, 0.717) is 5.88 Å². The number of hydrogen-bond acceptors (Lipinski definition) is 3. The lowest BCUT2D eigenvalue weighted by atomic mass is 9.95. The average molecular weight is 343 g/mol. The molecule has 1 aliphatic rings. The van der Waals surface area contributed by atoms with Crippen LogP contribution in [0.15, 0.2) is 77.5 Å². The third-order valence-electron chi connectivity index (χ3n) is 4.18. The summed E-state index contributed by atoms with van der Waals surface area (Å²) in [5, 5.41) is 0. The molecule has 25 heavy (non-hydrogen) atoms. The molecule has 0 saturated carbocycles. The highest BCUT2D eigenvalue weighted by molar-refractivity contribution is 7.98. The molecule has 0 saturated heterocycles. The van der Waals surface area contributed by atoms with Gasteiger partial charge in [-0.3, -0.25) is 0 Å². The van der Waals surface area contributed by atoms with Crippen LogP contribution in [0.1, 0.15) is 22.3 Å². The lowest BCUT2D eigenvalue weighted by Crippen LogP contribution is -1.90. The molecular weight excluding hydrogens is 326 g/mol. The maximum Gasteiger partial charge on any atom is 0.212 e. The first kappa shape index (κ1) is 15.8. The Morgan fingerprint density at radius 2 is 1.80 bits per heavy atom. The number of methoxy groups -OCH3 is 1. The van der Waals surface area contributed by atoms with E-state index in [2.05, 4.69) is 59.2 Å². The fourth-order valence-electron chi connectivity index (χ4n) is 2.90. The number of fused-ring (bicyclic) bond motifs is 2. The molecule has 3 aromatic rings. The van der Waals surface area contributed by atoms with E-state index in [1.165, 1.54) is 21.6 Å². The zero-order valence-electron chi connectivity index (χ0n) is 13.9. The SMILES string of the molecule is COc1ccc(C=C=C2c3ccccc3CSc3ccccc32)cn1. The van der Waals surface area contributed by atoms with Crippen LogP contribution in [0, 0.1) is 0 Å². The second-order valence-electron chi connectivity index (χ2n) is 5.74. The molecule has 0 N–H and O–H groups in total. The van der Waals surface area contributed by atoms with Crippen LogP contribution in [-0.2, 0) is 5.75 Å². The summed E-state index contributed by atoms with van der Waals surface area (Å²) in [5.41, 5.74) is 9.48. The maximum absolute atomic E-state index is 5.12. The molecule has 0 unspecified atom stereocenters. The molecule has 1 aliphatic heterocycles. The van der Waals surface area contributed by atoms with E-state index in [4.69, 9.17) is 4.74 Å². The van der Waals surface area contributed by atoms with Gasteiger partial charge in [0, 0.05) is 39.6 Å². The van der Waals surface area contributed by atoms with Gasteiger partial charge in [-0.2, -0.15) is 0 Å². The van der Waals surface area contributed by atoms with Crippen LogP contribution in [-0.4, -0.2) is 12.1 Å². The summed E-state index contributed by atoms with van der Waals surface area (Å²) < 4.78 is 5.12. The van der Waals surface area contributed by atoms with Gasteiger partial charge in [0.15, 0.2) is 0 Å². The third-order valence-corrected chi connectivity index (χ3v) is 5.30. The van der Waals surface area contributed by atoms with Crippen LogP contribution in [0.5, 0.6) is 5.88 Å². The summed E-state index contributed by atoms with van der Waals surface area (Å²) in [4.78, 5) is 5.56. The first-order valence-electron chi connectivity index (χ1n) is 8.12. The van der Waals surface area contributed by atoms with Gasteiger partial charge < -0.3 is 4.74 Å². The summed E-state index contributed by atoms with van der Waals surface area (Å²) in [6, 6.07) is 21.0. The molecular formula is C22H17NOS. The maximum atomic E-state index is 5.12. The highest BCUT2D eigenvalue weighted by atomic mass is 32.2. The summed E-state index contributed by atoms with van der Waals surface area (Å²) in [5.74, 6) is 1.59. The molecule has 2 nitrogen and oxygen atoms in total. The van der Waals surface area contributed by atoms with Crippen molar-refractivity contribution >= 4 is 23.4 Å². The van der Waals surface area contributed by atoms with E-state index >= 15 is 0 Å². The Labute approximate surface area is 151 Å². The first-order valence-corrected chi connectivity index (χ1v) is 9.11. The second-order valence-corrected chi connectivity index (χ2v) is 6.76. The van der Waals surface area contributed by atoms with Crippen molar-refractivity contribution < 1.29 is 4.74 Å². The van der Waals surface area contributed by atoms with Crippen LogP contribution in [0.3, 0.4) is 0 Å². The Morgan fingerprint density at radius 3 is 2.60 bits per heavy atom. The van der Waals surface area contributed by atoms with Gasteiger partial charge in [-0.15, -0.1) is 17.5 Å². The standard InChI is InChI=1S/C22H17NOS/c1-24-22-13-11-16(14-23-22)10-12-19-18-7-3-2-6-17(18)15-25-21-9-5-4-8-20(19)21/h2-11,13-14H,15H2,1H3. The summed E-state index contributed by atoms with van der Waals surface area (Å²) >= 11 is 1.88. The fourth-order valence-corrected chi connectivity index (χ4v) is 3.96. The molecule has 3 heteroatoms. The van der Waals surface area contributed by atoms with Crippen LogP contribution in [0.2, 0.25) is 0 Å². The number of thioether (sulfide) groups is 1. The van der Waals surface area contributed by atoms with Gasteiger partial charge in [0.2, 0.25) is 5.88 Å². The lowest BCUT2D eigenvalue weighted by molar-refractivity contribution is 0.398. The van der Waals surface area contributed by atoms with Crippen LogP contribution < -0.4 is 4.74 Å². The minimum atomic E-state index is 0.617. The van der Waals surface area contributed by atoms with Gasteiger partial charge in [0.25, 0.3) is 0 Å². The number of nitrogens with zero attached hydrogens (tertiary/aromatic N) is 1. The third kappa shape index (κ3) is 3.25. The summed E-state index contributed by atoms with van der Waals surface area (Å²) in [6.45, 7) is 0. The number of hydrogen-bond donors (Lipinski definition) is 0. The van der Waals surface area contributed by atoms with E-state index in [0.717, 1.165) is 16.9 Å². The topological polar surface area (TPSA) is 22.1 Å². The minimum Gasteiger partial charge on any atom is -0.481 e. The molecule has 1 aromatic heterocycles. The highest BCUT2D eigenvalue weighted by Gasteiger charge is 2.17. The van der Waals surface area contributed by atoms with Crippen molar-refractivity contribution in [2.24, 2.45) is 0 Å². The number of ether oxygens (including phenoxy) is 1. The monoisotopic (exact) mass is 343 g/mol. The van der Waals surface area contributed by atoms with Crippen molar-refractivity contribution in [2.75, 3.05) is 7.11 Å². The van der Waals surface area contributed by atoms with Crippen LogP contribution >= 0.6 is 11.8 Å². The molecule has 2 heterocycles. The largest absolute Gasteiger partial charge is 0.481 e. The Morgan fingerprint density at radius 1 is 1.00 bits per heavy atom. The van der Waals surface area contributed by atoms with E-state index in [1.807, 2.05) is 30.0 Å². The van der Waals surface area contributed by atoms with Gasteiger partial charge in [0.1, 0.15) is 0 Å². The summed E-state index contributed by atoms with van der Waals surface area (Å²) in [6.07, 6.45) is 3.79. The molecule has 0 aliphatic carbocycles. The lowest BCUT2D eigenvalue weighted by Gasteiger charge is -2.08. The normalized spacial score (nSPS) is 12.4. The number of rotatable bonds is 2. The quantitative estimate of drug-likeness (QED) is 0.579. The zero-order valence-corrected chi connectivity index (χ0v) is 14.7. The van der Waals surface area contributed by atoms with Gasteiger partial charge in [-0.1, -0.05) is 42.5 Å². The van der Waals surface area contributed by atoms with E-state index in [-0.39, 0.29) is 0 Å². The Bertz CT molecular complexity index is 920. The number of aromatic nitrogens is 1. The Balaban J connectivity index is 1.88.